The first-order valence-electron chi connectivity index (χ1n) is 11.7. The first kappa shape index (κ1) is 23.4. The Morgan fingerprint density at radius 1 is 1.18 bits per heavy atom. The lowest BCUT2D eigenvalue weighted by atomic mass is 10.0. The number of hydrogen-bond acceptors (Lipinski definition) is 5. The van der Waals surface area contributed by atoms with Crippen molar-refractivity contribution in [1.29, 1.82) is 0 Å². The Balaban J connectivity index is 1.32. The van der Waals surface area contributed by atoms with Crippen LogP contribution in [0.25, 0.3) is 0 Å². The van der Waals surface area contributed by atoms with Gasteiger partial charge in [-0.25, -0.2) is 9.37 Å². The minimum atomic E-state index is -0.684. The second-order valence-corrected chi connectivity index (χ2v) is 8.76. The number of amides is 1. The molecule has 2 aromatic rings. The maximum Gasteiger partial charge on any atom is 0.270 e. The molecule has 4 rings (SSSR count). The molecule has 0 radical (unpaired) electrons. The van der Waals surface area contributed by atoms with E-state index in [1.807, 2.05) is 17.9 Å². The van der Waals surface area contributed by atoms with Crippen LogP contribution in [0.3, 0.4) is 0 Å². The molecule has 2 fully saturated rings. The molecule has 2 aromatic heterocycles. The average Bonchev–Trinajstić information content (AvgIpc) is 3.33. The van der Waals surface area contributed by atoms with Gasteiger partial charge in [-0.05, 0) is 43.9 Å². The molecule has 0 aromatic carbocycles. The molecule has 1 saturated heterocycles. The lowest BCUT2D eigenvalue weighted by molar-refractivity contribution is 0.0944. The number of aryl methyl sites for hydroxylation is 1. The van der Waals surface area contributed by atoms with Gasteiger partial charge in [0, 0.05) is 55.9 Å². The number of rotatable bonds is 7. The Labute approximate surface area is 192 Å². The smallest absolute Gasteiger partial charge is 0.270 e. The van der Waals surface area contributed by atoms with Crippen LogP contribution in [0.4, 0.5) is 14.5 Å². The van der Waals surface area contributed by atoms with Crippen molar-refractivity contribution < 1.29 is 13.6 Å². The Hall–Kier alpha value is -2.81. The topological polar surface area (TPSA) is 81.3 Å². The fourth-order valence-corrected chi connectivity index (χ4v) is 4.98. The van der Waals surface area contributed by atoms with E-state index >= 15 is 0 Å². The van der Waals surface area contributed by atoms with E-state index in [1.165, 1.54) is 6.07 Å². The van der Waals surface area contributed by atoms with E-state index < -0.39 is 18.5 Å². The summed E-state index contributed by atoms with van der Waals surface area (Å²) in [5.41, 5.74) is 2.20. The quantitative estimate of drug-likeness (QED) is 0.623. The third-order valence-corrected chi connectivity index (χ3v) is 6.85. The third kappa shape index (κ3) is 5.24. The Bertz CT molecular complexity index is 1040. The predicted molar refractivity (Wildman–Crippen MR) is 123 cm³/mol. The van der Waals surface area contributed by atoms with Crippen molar-refractivity contribution in [2.45, 2.75) is 44.6 Å². The SMILES string of the molecule is CCc1ccc([C@@H]2CC[C@H](N3CCN(c4ccc(C(=O)NCCF)nc4F)CC3)C2)[nH]c1=O. The summed E-state index contributed by atoms with van der Waals surface area (Å²) in [6.07, 6.45) is 3.88. The van der Waals surface area contributed by atoms with Gasteiger partial charge in [0.25, 0.3) is 11.5 Å². The van der Waals surface area contributed by atoms with Crippen LogP contribution >= 0.6 is 0 Å². The monoisotopic (exact) mass is 459 g/mol. The molecule has 0 spiro atoms. The molecule has 2 N–H and O–H groups in total. The predicted octanol–water partition coefficient (Wildman–Crippen LogP) is 2.63. The van der Waals surface area contributed by atoms with Gasteiger partial charge in [-0.15, -0.1) is 0 Å². The fourth-order valence-electron chi connectivity index (χ4n) is 4.98. The highest BCUT2D eigenvalue weighted by atomic mass is 19.1. The number of aromatic nitrogens is 2. The van der Waals surface area contributed by atoms with E-state index in [0.717, 1.165) is 50.0 Å². The highest BCUT2D eigenvalue weighted by Gasteiger charge is 2.33. The van der Waals surface area contributed by atoms with E-state index in [2.05, 4.69) is 26.3 Å². The fraction of sp³-hybridized carbons (Fsp3) is 0.542. The molecule has 3 heterocycles. The molecule has 33 heavy (non-hydrogen) atoms. The summed E-state index contributed by atoms with van der Waals surface area (Å²) < 4.78 is 26.8. The summed E-state index contributed by atoms with van der Waals surface area (Å²) in [6, 6.07) is 7.51. The van der Waals surface area contributed by atoms with Crippen LogP contribution in [-0.4, -0.2) is 66.2 Å². The number of anilines is 1. The molecule has 1 aliphatic carbocycles. The number of carbonyl (C=O) groups excluding carboxylic acids is 1. The van der Waals surface area contributed by atoms with Crippen LogP contribution in [0.2, 0.25) is 0 Å². The van der Waals surface area contributed by atoms with Crippen LogP contribution in [0.1, 0.15) is 53.8 Å². The van der Waals surface area contributed by atoms with E-state index in [4.69, 9.17) is 0 Å². The molecule has 1 amide bonds. The zero-order valence-electron chi connectivity index (χ0n) is 18.9. The van der Waals surface area contributed by atoms with E-state index in [1.54, 1.807) is 6.07 Å². The van der Waals surface area contributed by atoms with Crippen molar-refractivity contribution in [3.8, 4) is 0 Å². The number of alkyl halides is 1. The molecule has 178 valence electrons. The summed E-state index contributed by atoms with van der Waals surface area (Å²) in [5, 5.41) is 2.35. The Morgan fingerprint density at radius 2 is 1.97 bits per heavy atom. The van der Waals surface area contributed by atoms with Crippen molar-refractivity contribution in [3.05, 3.63) is 57.5 Å². The normalized spacial score (nSPS) is 21.4. The number of nitrogens with one attached hydrogen (secondary N) is 2. The molecule has 1 aliphatic heterocycles. The second kappa shape index (κ2) is 10.4. The average molecular weight is 460 g/mol. The number of aromatic amines is 1. The van der Waals surface area contributed by atoms with Crippen molar-refractivity contribution in [1.82, 2.24) is 20.2 Å². The summed E-state index contributed by atoms with van der Waals surface area (Å²) in [4.78, 5) is 35.3. The molecule has 9 heteroatoms. The van der Waals surface area contributed by atoms with Gasteiger partial charge in [0.15, 0.2) is 0 Å². The maximum absolute atomic E-state index is 14.6. The summed E-state index contributed by atoms with van der Waals surface area (Å²) in [7, 11) is 0. The lowest BCUT2D eigenvalue weighted by Crippen LogP contribution is -2.50. The molecule has 0 bridgehead atoms. The van der Waals surface area contributed by atoms with Crippen LogP contribution < -0.4 is 15.8 Å². The highest BCUT2D eigenvalue weighted by Crippen LogP contribution is 2.36. The standard InChI is InChI=1S/C24H31F2N5O2/c1-2-16-4-6-19(29-23(16)32)17-3-5-18(15-17)30-11-13-31(14-12-30)21-8-7-20(28-22(21)26)24(33)27-10-9-25/h4,6-8,17-18H,2-3,5,9-15H2,1H3,(H,27,33)(H,29,32)/t17-,18+/m1/s1. The van der Waals surface area contributed by atoms with Crippen molar-refractivity contribution in [2.24, 2.45) is 0 Å². The van der Waals surface area contributed by atoms with Gasteiger partial charge in [-0.2, -0.15) is 4.39 Å². The van der Waals surface area contributed by atoms with Crippen LogP contribution in [0.15, 0.2) is 29.1 Å². The van der Waals surface area contributed by atoms with Gasteiger partial charge in [0.05, 0.1) is 5.69 Å². The minimum Gasteiger partial charge on any atom is -0.365 e. The molecule has 7 nitrogen and oxygen atoms in total. The number of carbonyl (C=O) groups is 1. The van der Waals surface area contributed by atoms with Crippen molar-refractivity contribution >= 4 is 11.6 Å². The second-order valence-electron chi connectivity index (χ2n) is 8.76. The van der Waals surface area contributed by atoms with Crippen LogP contribution in [0.5, 0.6) is 0 Å². The Morgan fingerprint density at radius 3 is 2.64 bits per heavy atom. The number of nitrogens with zero attached hydrogens (tertiary/aromatic N) is 3. The molecule has 1 saturated carbocycles. The molecular weight excluding hydrogens is 428 g/mol. The number of H-pyrrole nitrogens is 1. The van der Waals surface area contributed by atoms with Gasteiger partial charge in [-0.3, -0.25) is 14.5 Å². The lowest BCUT2D eigenvalue weighted by Gasteiger charge is -2.39. The molecule has 2 atom stereocenters. The first-order valence-corrected chi connectivity index (χ1v) is 11.7. The minimum absolute atomic E-state index is 0.0219. The van der Waals surface area contributed by atoms with Gasteiger partial charge in [-0.1, -0.05) is 13.0 Å². The van der Waals surface area contributed by atoms with E-state index in [0.29, 0.717) is 30.7 Å². The van der Waals surface area contributed by atoms with Gasteiger partial charge >= 0.3 is 0 Å². The molecule has 2 aliphatic rings. The van der Waals surface area contributed by atoms with Crippen LogP contribution in [0, 0.1) is 5.95 Å². The Kier molecular flexibility index (Phi) is 7.37. The maximum atomic E-state index is 14.6. The van der Waals surface area contributed by atoms with Crippen molar-refractivity contribution in [2.75, 3.05) is 44.3 Å². The largest absolute Gasteiger partial charge is 0.365 e. The van der Waals surface area contributed by atoms with Crippen molar-refractivity contribution in [3.63, 3.8) is 0 Å². The number of pyridine rings is 2. The number of hydrogen-bond donors (Lipinski definition) is 2. The number of piperazine rings is 1. The summed E-state index contributed by atoms with van der Waals surface area (Å²) in [5.74, 6) is -0.898. The summed E-state index contributed by atoms with van der Waals surface area (Å²) in [6.45, 7) is 4.18. The highest BCUT2D eigenvalue weighted by molar-refractivity contribution is 5.92. The zero-order valence-corrected chi connectivity index (χ0v) is 18.9. The van der Waals surface area contributed by atoms with Gasteiger partial charge in [0.1, 0.15) is 12.4 Å². The summed E-state index contributed by atoms with van der Waals surface area (Å²) >= 11 is 0. The molecule has 0 unspecified atom stereocenters. The van der Waals surface area contributed by atoms with Gasteiger partial charge < -0.3 is 15.2 Å². The first-order chi connectivity index (χ1) is 16.0. The molecular formula is C24H31F2N5O2. The van der Waals surface area contributed by atoms with Crippen LogP contribution in [-0.2, 0) is 6.42 Å². The van der Waals surface area contributed by atoms with E-state index in [9.17, 15) is 18.4 Å². The van der Waals surface area contributed by atoms with E-state index in [-0.39, 0.29) is 17.8 Å². The number of halogens is 2. The van der Waals surface area contributed by atoms with Gasteiger partial charge in [0.2, 0.25) is 5.95 Å². The third-order valence-electron chi connectivity index (χ3n) is 6.85. The zero-order chi connectivity index (χ0) is 23.4.